The third-order valence-corrected chi connectivity index (χ3v) is 4.61. The van der Waals surface area contributed by atoms with Crippen LogP contribution in [-0.4, -0.2) is 15.2 Å². The molecule has 3 aromatic carbocycles. The minimum atomic E-state index is 0.0375. The van der Waals surface area contributed by atoms with E-state index in [2.05, 4.69) is 80.4 Å². The van der Waals surface area contributed by atoms with Crippen molar-refractivity contribution in [2.45, 2.75) is 33.1 Å². The highest BCUT2D eigenvalue weighted by Gasteiger charge is 2.19. The Morgan fingerprint density at radius 1 is 0.840 bits per heavy atom. The molecule has 0 atom stereocenters. The molecular weight excluding hydrogens is 306 g/mol. The molecule has 0 amide bonds. The molecule has 0 saturated heterocycles. The molecule has 0 radical (unpaired) electrons. The lowest BCUT2D eigenvalue weighted by Gasteiger charge is -2.22. The van der Waals surface area contributed by atoms with E-state index in [4.69, 9.17) is 4.98 Å². The summed E-state index contributed by atoms with van der Waals surface area (Å²) in [5.74, 6) is 0.679. The molecule has 0 spiro atoms. The smallest absolute Gasteiger partial charge is 0.182 e. The zero-order valence-corrected chi connectivity index (χ0v) is 15.0. The average Bonchev–Trinajstić information content (AvgIpc) is 2.60. The number of fused-ring (bicyclic) bond motifs is 2. The molecule has 0 unspecified atom stereocenters. The van der Waals surface area contributed by atoms with Crippen molar-refractivity contribution in [2.24, 2.45) is 0 Å². The Bertz CT molecular complexity index is 1090. The molecule has 3 nitrogen and oxygen atoms in total. The molecule has 4 aromatic rings. The van der Waals surface area contributed by atoms with Gasteiger partial charge in [0, 0.05) is 5.56 Å². The van der Waals surface area contributed by atoms with Gasteiger partial charge in [0.2, 0.25) is 0 Å². The third-order valence-electron chi connectivity index (χ3n) is 4.61. The molecule has 1 aromatic heterocycles. The first-order valence-corrected chi connectivity index (χ1v) is 8.57. The Morgan fingerprint density at radius 2 is 1.64 bits per heavy atom. The molecular formula is C22H21N3. The minimum Gasteiger partial charge on any atom is -0.224 e. The van der Waals surface area contributed by atoms with E-state index in [1.165, 1.54) is 16.3 Å². The van der Waals surface area contributed by atoms with Crippen LogP contribution >= 0.6 is 0 Å². The molecule has 0 N–H and O–H groups in total. The molecule has 0 saturated carbocycles. The summed E-state index contributed by atoms with van der Waals surface area (Å²) in [6.45, 7) is 8.77. The van der Waals surface area contributed by atoms with Crippen molar-refractivity contribution >= 4 is 21.8 Å². The van der Waals surface area contributed by atoms with Crippen molar-refractivity contribution in [3.8, 4) is 11.4 Å². The van der Waals surface area contributed by atoms with Crippen molar-refractivity contribution in [2.75, 3.05) is 0 Å². The lowest BCUT2D eigenvalue weighted by Crippen LogP contribution is -2.12. The van der Waals surface area contributed by atoms with Gasteiger partial charge < -0.3 is 0 Å². The lowest BCUT2D eigenvalue weighted by molar-refractivity contribution is 0.596. The van der Waals surface area contributed by atoms with Gasteiger partial charge in [-0.05, 0) is 52.4 Å². The topological polar surface area (TPSA) is 38.7 Å². The fraction of sp³-hybridized carbons (Fsp3) is 0.227. The van der Waals surface area contributed by atoms with E-state index >= 15 is 0 Å². The molecule has 25 heavy (non-hydrogen) atoms. The van der Waals surface area contributed by atoms with Crippen molar-refractivity contribution < 1.29 is 0 Å². The van der Waals surface area contributed by atoms with E-state index in [0.717, 1.165) is 22.2 Å². The Kier molecular flexibility index (Phi) is 3.53. The Hall–Kier alpha value is -2.81. The minimum absolute atomic E-state index is 0.0375. The summed E-state index contributed by atoms with van der Waals surface area (Å²) in [6, 6.07) is 18.9. The largest absolute Gasteiger partial charge is 0.224 e. The molecule has 124 valence electrons. The first-order valence-electron chi connectivity index (χ1n) is 8.57. The number of nitrogens with zero attached hydrogens (tertiary/aromatic N) is 3. The Balaban J connectivity index is 2.00. The zero-order chi connectivity index (χ0) is 17.6. The van der Waals surface area contributed by atoms with Crippen molar-refractivity contribution in [3.63, 3.8) is 0 Å². The van der Waals surface area contributed by atoms with Gasteiger partial charge in [-0.25, -0.2) is 4.98 Å². The van der Waals surface area contributed by atoms with Gasteiger partial charge in [0.15, 0.2) is 5.82 Å². The molecule has 3 heteroatoms. The van der Waals surface area contributed by atoms with Crippen molar-refractivity contribution in [1.29, 1.82) is 0 Å². The number of aryl methyl sites for hydroxylation is 1. The molecule has 0 aliphatic rings. The molecule has 0 aliphatic heterocycles. The predicted molar refractivity (Wildman–Crippen MR) is 104 cm³/mol. The normalized spacial score (nSPS) is 12.0. The van der Waals surface area contributed by atoms with E-state index < -0.39 is 0 Å². The molecule has 0 bridgehead atoms. The second kappa shape index (κ2) is 5.62. The van der Waals surface area contributed by atoms with Crippen LogP contribution in [0.25, 0.3) is 33.2 Å². The van der Waals surface area contributed by atoms with Crippen molar-refractivity contribution in [1.82, 2.24) is 15.2 Å². The maximum atomic E-state index is 4.80. The SMILES string of the molecule is Cc1cccc2nnc(-c3cc(C(C)(C)C)c4ccccc4c3)nc12. The highest BCUT2D eigenvalue weighted by Crippen LogP contribution is 2.34. The lowest BCUT2D eigenvalue weighted by atomic mass is 9.82. The highest BCUT2D eigenvalue weighted by atomic mass is 15.1. The van der Waals surface area contributed by atoms with E-state index in [9.17, 15) is 0 Å². The summed E-state index contributed by atoms with van der Waals surface area (Å²) in [6.07, 6.45) is 0. The maximum absolute atomic E-state index is 4.80. The number of hydrogen-bond donors (Lipinski definition) is 0. The van der Waals surface area contributed by atoms with Crippen LogP contribution in [0.5, 0.6) is 0 Å². The maximum Gasteiger partial charge on any atom is 0.182 e. The van der Waals surface area contributed by atoms with Gasteiger partial charge >= 0.3 is 0 Å². The molecule has 1 heterocycles. The van der Waals surface area contributed by atoms with Gasteiger partial charge in [-0.3, -0.25) is 0 Å². The van der Waals surface area contributed by atoms with Crippen molar-refractivity contribution in [3.05, 3.63) is 65.7 Å². The van der Waals surface area contributed by atoms with E-state index in [1.807, 2.05) is 12.1 Å². The van der Waals surface area contributed by atoms with Gasteiger partial charge in [-0.1, -0.05) is 57.2 Å². The monoisotopic (exact) mass is 327 g/mol. The second-order valence-electron chi connectivity index (χ2n) is 7.57. The zero-order valence-electron chi connectivity index (χ0n) is 15.0. The second-order valence-corrected chi connectivity index (χ2v) is 7.57. The molecule has 4 rings (SSSR count). The van der Waals surface area contributed by atoms with Crippen LogP contribution in [-0.2, 0) is 5.41 Å². The predicted octanol–water partition coefficient (Wildman–Crippen LogP) is 5.45. The first-order chi connectivity index (χ1) is 11.9. The Labute approximate surface area is 147 Å². The van der Waals surface area contributed by atoms with Crippen LogP contribution in [0.4, 0.5) is 0 Å². The van der Waals surface area contributed by atoms with Gasteiger partial charge in [-0.15, -0.1) is 10.2 Å². The van der Waals surface area contributed by atoms with Gasteiger partial charge in [0.25, 0.3) is 0 Å². The summed E-state index contributed by atoms with van der Waals surface area (Å²) in [7, 11) is 0. The fourth-order valence-electron chi connectivity index (χ4n) is 3.28. The van der Waals surface area contributed by atoms with Crippen LogP contribution in [0, 0.1) is 6.92 Å². The summed E-state index contributed by atoms with van der Waals surface area (Å²) < 4.78 is 0. The van der Waals surface area contributed by atoms with Crippen LogP contribution in [0.15, 0.2) is 54.6 Å². The number of hydrogen-bond acceptors (Lipinski definition) is 3. The first kappa shape index (κ1) is 15.7. The Morgan fingerprint density at radius 3 is 2.44 bits per heavy atom. The number of para-hydroxylation sites is 1. The van der Waals surface area contributed by atoms with Gasteiger partial charge in [0.1, 0.15) is 5.52 Å². The highest BCUT2D eigenvalue weighted by molar-refractivity contribution is 5.91. The molecule has 0 fully saturated rings. The van der Waals surface area contributed by atoms with Gasteiger partial charge in [0.05, 0.1) is 5.52 Å². The summed E-state index contributed by atoms with van der Waals surface area (Å²) in [5.41, 5.74) is 5.22. The summed E-state index contributed by atoms with van der Waals surface area (Å²) >= 11 is 0. The summed E-state index contributed by atoms with van der Waals surface area (Å²) in [5, 5.41) is 11.3. The van der Waals surface area contributed by atoms with E-state index in [0.29, 0.717) is 5.82 Å². The van der Waals surface area contributed by atoms with Crippen LogP contribution in [0.3, 0.4) is 0 Å². The number of rotatable bonds is 1. The molecule has 0 aliphatic carbocycles. The van der Waals surface area contributed by atoms with Crippen LogP contribution in [0.1, 0.15) is 31.9 Å². The van der Waals surface area contributed by atoms with E-state index in [1.54, 1.807) is 0 Å². The quantitative estimate of drug-likeness (QED) is 0.466. The van der Waals surface area contributed by atoms with Crippen LogP contribution < -0.4 is 0 Å². The summed E-state index contributed by atoms with van der Waals surface area (Å²) in [4.78, 5) is 4.80. The third kappa shape index (κ3) is 2.76. The standard InChI is InChI=1S/C22H21N3/c1-14-8-7-11-19-20(14)23-21(25-24-19)16-12-15-9-5-6-10-17(15)18(13-16)22(2,3)4/h5-13H,1-4H3. The van der Waals surface area contributed by atoms with E-state index in [-0.39, 0.29) is 5.41 Å². The average molecular weight is 327 g/mol. The number of benzene rings is 3. The fourth-order valence-corrected chi connectivity index (χ4v) is 3.28. The van der Waals surface area contributed by atoms with Crippen LogP contribution in [0.2, 0.25) is 0 Å². The van der Waals surface area contributed by atoms with Gasteiger partial charge in [-0.2, -0.15) is 0 Å². The number of aromatic nitrogens is 3.